The van der Waals surface area contributed by atoms with Gasteiger partial charge in [-0.25, -0.2) is 0 Å². The van der Waals surface area contributed by atoms with Gasteiger partial charge >= 0.3 is 0 Å². The predicted molar refractivity (Wildman–Crippen MR) is 93.3 cm³/mol. The van der Waals surface area contributed by atoms with Gasteiger partial charge in [-0.15, -0.1) is 26.3 Å². The maximum atomic E-state index is 9.83. The van der Waals surface area contributed by atoms with Crippen molar-refractivity contribution in [3.8, 4) is 5.75 Å². The van der Waals surface area contributed by atoms with Crippen LogP contribution in [0, 0.1) is 0 Å². The molecule has 0 aliphatic rings. The van der Waals surface area contributed by atoms with Crippen molar-refractivity contribution < 1.29 is 5.11 Å². The van der Waals surface area contributed by atoms with Crippen LogP contribution in [-0.4, -0.2) is 31.3 Å². The molecule has 0 saturated heterocycles. The summed E-state index contributed by atoms with van der Waals surface area (Å²) in [5.74, 6) is 0.240. The first-order valence-corrected chi connectivity index (χ1v) is 6.94. The average Bonchev–Trinajstić information content (AvgIpc) is 2.47. The third kappa shape index (κ3) is 4.56. The lowest BCUT2D eigenvalue weighted by atomic mass is 10.2. The monoisotopic (exact) mass is 284 g/mol. The van der Waals surface area contributed by atoms with Crippen LogP contribution in [0.5, 0.6) is 5.75 Å². The van der Waals surface area contributed by atoms with Crippen LogP contribution in [0.4, 0.5) is 11.4 Å². The highest BCUT2D eigenvalue weighted by Gasteiger charge is 2.14. The van der Waals surface area contributed by atoms with Gasteiger partial charge in [0.05, 0.1) is 11.4 Å². The fraction of sp³-hybridized carbons (Fsp3) is 0.222. The van der Waals surface area contributed by atoms with Gasteiger partial charge in [-0.1, -0.05) is 24.3 Å². The summed E-state index contributed by atoms with van der Waals surface area (Å²) >= 11 is 0. The lowest BCUT2D eigenvalue weighted by Crippen LogP contribution is -2.29. The number of hydrogen-bond donors (Lipinski definition) is 1. The van der Waals surface area contributed by atoms with Crippen LogP contribution in [0.15, 0.2) is 68.8 Å². The van der Waals surface area contributed by atoms with E-state index in [1.54, 1.807) is 12.1 Å². The molecule has 0 unspecified atom stereocenters. The predicted octanol–water partition coefficient (Wildman–Crippen LogP) is 3.75. The van der Waals surface area contributed by atoms with E-state index >= 15 is 0 Å². The molecular formula is C18H24N2O. The zero-order valence-electron chi connectivity index (χ0n) is 12.5. The topological polar surface area (TPSA) is 26.7 Å². The Labute approximate surface area is 127 Å². The summed E-state index contributed by atoms with van der Waals surface area (Å²) in [6.45, 7) is 18.0. The van der Waals surface area contributed by atoms with E-state index in [-0.39, 0.29) is 5.75 Å². The number of phenolic OH excluding ortho intramolecular Hbond substituents is 1. The van der Waals surface area contributed by atoms with Gasteiger partial charge in [-0.2, -0.15) is 0 Å². The molecule has 0 spiro atoms. The van der Waals surface area contributed by atoms with E-state index in [0.29, 0.717) is 26.2 Å². The Hall–Kier alpha value is -2.42. The van der Waals surface area contributed by atoms with Crippen LogP contribution in [-0.2, 0) is 0 Å². The van der Waals surface area contributed by atoms with Crippen LogP contribution in [0.3, 0.4) is 0 Å². The molecule has 1 aromatic rings. The summed E-state index contributed by atoms with van der Waals surface area (Å²) in [6.07, 6.45) is 7.38. The number of benzene rings is 1. The van der Waals surface area contributed by atoms with Gasteiger partial charge in [0, 0.05) is 32.2 Å². The van der Waals surface area contributed by atoms with Crippen molar-refractivity contribution >= 4 is 11.4 Å². The molecule has 3 heteroatoms. The first-order chi connectivity index (χ1) is 10.2. The Morgan fingerprint density at radius 2 is 1.19 bits per heavy atom. The first kappa shape index (κ1) is 16.6. The fourth-order valence-electron chi connectivity index (χ4n) is 2.20. The molecule has 112 valence electrons. The van der Waals surface area contributed by atoms with E-state index in [4.69, 9.17) is 0 Å². The summed E-state index contributed by atoms with van der Waals surface area (Å²) < 4.78 is 0. The van der Waals surface area contributed by atoms with E-state index < -0.39 is 0 Å². The second-order valence-electron chi connectivity index (χ2n) is 4.64. The highest BCUT2D eigenvalue weighted by molar-refractivity contribution is 5.74. The molecule has 0 fully saturated rings. The highest BCUT2D eigenvalue weighted by Crippen LogP contribution is 2.33. The number of phenols is 1. The standard InChI is InChI=1S/C18H24N2O/c1-5-11-19(12-6-2)17-10-9-16(21)15-18(17)20(13-7-3)14-8-4/h5-10,15,21H,1-4,11-14H2. The smallest absolute Gasteiger partial charge is 0.117 e. The van der Waals surface area contributed by atoms with Gasteiger partial charge in [-0.05, 0) is 12.1 Å². The van der Waals surface area contributed by atoms with E-state index in [2.05, 4.69) is 36.1 Å². The lowest BCUT2D eigenvalue weighted by Gasteiger charge is -2.30. The SMILES string of the molecule is C=CCN(CC=C)c1ccc(O)cc1N(CC=C)CC=C. The average molecular weight is 284 g/mol. The third-order valence-corrected chi connectivity index (χ3v) is 3.04. The molecule has 0 heterocycles. The van der Waals surface area contributed by atoms with Crippen LogP contribution >= 0.6 is 0 Å². The largest absolute Gasteiger partial charge is 0.508 e. The van der Waals surface area contributed by atoms with Crippen molar-refractivity contribution in [3.63, 3.8) is 0 Å². The maximum absolute atomic E-state index is 9.83. The lowest BCUT2D eigenvalue weighted by molar-refractivity contribution is 0.475. The minimum absolute atomic E-state index is 0.240. The molecule has 1 rings (SSSR count). The molecular weight excluding hydrogens is 260 g/mol. The molecule has 0 aromatic heterocycles. The molecule has 1 N–H and O–H groups in total. The van der Waals surface area contributed by atoms with Crippen LogP contribution < -0.4 is 9.80 Å². The quantitative estimate of drug-likeness (QED) is 0.663. The molecule has 0 bridgehead atoms. The molecule has 0 amide bonds. The highest BCUT2D eigenvalue weighted by atomic mass is 16.3. The Balaban J connectivity index is 3.28. The first-order valence-electron chi connectivity index (χ1n) is 6.94. The van der Waals surface area contributed by atoms with E-state index in [1.165, 1.54) is 0 Å². The molecule has 1 aromatic carbocycles. The van der Waals surface area contributed by atoms with Gasteiger partial charge in [0.15, 0.2) is 0 Å². The van der Waals surface area contributed by atoms with Crippen molar-refractivity contribution in [2.24, 2.45) is 0 Å². The number of aromatic hydroxyl groups is 1. The normalized spacial score (nSPS) is 9.71. The molecule has 0 aliphatic carbocycles. The summed E-state index contributed by atoms with van der Waals surface area (Å²) in [5, 5.41) is 9.83. The summed E-state index contributed by atoms with van der Waals surface area (Å²) in [4.78, 5) is 4.25. The molecule has 0 aliphatic heterocycles. The van der Waals surface area contributed by atoms with Gasteiger partial charge in [0.2, 0.25) is 0 Å². The zero-order chi connectivity index (χ0) is 15.7. The van der Waals surface area contributed by atoms with Crippen LogP contribution in [0.1, 0.15) is 0 Å². The third-order valence-electron chi connectivity index (χ3n) is 3.04. The summed E-state index contributed by atoms with van der Waals surface area (Å²) in [6, 6.07) is 5.37. The molecule has 0 atom stereocenters. The molecule has 0 radical (unpaired) electrons. The Bertz CT molecular complexity index is 488. The summed E-state index contributed by atoms with van der Waals surface area (Å²) in [7, 11) is 0. The van der Waals surface area contributed by atoms with Crippen molar-refractivity contribution in [3.05, 3.63) is 68.8 Å². The maximum Gasteiger partial charge on any atom is 0.117 e. The minimum Gasteiger partial charge on any atom is -0.508 e. The van der Waals surface area contributed by atoms with Crippen LogP contribution in [0.2, 0.25) is 0 Å². The second kappa shape index (κ2) is 8.69. The van der Waals surface area contributed by atoms with Crippen molar-refractivity contribution in [2.45, 2.75) is 0 Å². The van der Waals surface area contributed by atoms with Gasteiger partial charge < -0.3 is 14.9 Å². The molecule has 0 saturated carbocycles. The van der Waals surface area contributed by atoms with Crippen molar-refractivity contribution in [2.75, 3.05) is 36.0 Å². The van der Waals surface area contributed by atoms with Crippen molar-refractivity contribution in [1.82, 2.24) is 0 Å². The van der Waals surface area contributed by atoms with E-state index in [9.17, 15) is 5.11 Å². The molecule has 21 heavy (non-hydrogen) atoms. The van der Waals surface area contributed by atoms with Crippen molar-refractivity contribution in [1.29, 1.82) is 0 Å². The van der Waals surface area contributed by atoms with E-state index in [1.807, 2.05) is 30.4 Å². The van der Waals surface area contributed by atoms with Gasteiger partial charge in [0.25, 0.3) is 0 Å². The molecule has 3 nitrogen and oxygen atoms in total. The Kier molecular flexibility index (Phi) is 6.88. The van der Waals surface area contributed by atoms with Crippen LogP contribution in [0.25, 0.3) is 0 Å². The number of anilines is 2. The fourth-order valence-corrected chi connectivity index (χ4v) is 2.20. The number of hydrogen-bond acceptors (Lipinski definition) is 3. The second-order valence-corrected chi connectivity index (χ2v) is 4.64. The number of nitrogens with zero attached hydrogens (tertiary/aromatic N) is 2. The zero-order valence-corrected chi connectivity index (χ0v) is 12.5. The summed E-state index contributed by atoms with van der Waals surface area (Å²) in [5.41, 5.74) is 1.97. The minimum atomic E-state index is 0.240. The Morgan fingerprint density at radius 1 is 0.762 bits per heavy atom. The number of rotatable bonds is 10. The van der Waals surface area contributed by atoms with Gasteiger partial charge in [0.1, 0.15) is 5.75 Å². The van der Waals surface area contributed by atoms with E-state index in [0.717, 1.165) is 11.4 Å². The Morgan fingerprint density at radius 3 is 1.62 bits per heavy atom. The van der Waals surface area contributed by atoms with Gasteiger partial charge in [-0.3, -0.25) is 0 Å².